The van der Waals surface area contributed by atoms with E-state index in [1.807, 2.05) is 0 Å². The van der Waals surface area contributed by atoms with Crippen molar-refractivity contribution in [1.82, 2.24) is 5.32 Å². The molecule has 2 unspecified atom stereocenters. The van der Waals surface area contributed by atoms with E-state index in [0.717, 1.165) is 50.5 Å². The zero-order chi connectivity index (χ0) is 19.7. The van der Waals surface area contributed by atoms with Crippen LogP contribution in [-0.4, -0.2) is 34.4 Å². The van der Waals surface area contributed by atoms with Crippen molar-refractivity contribution in [2.75, 3.05) is 6.54 Å². The van der Waals surface area contributed by atoms with Crippen LogP contribution < -0.4 is 5.32 Å². The lowest BCUT2D eigenvalue weighted by Crippen LogP contribution is -2.63. The minimum absolute atomic E-state index is 0.0640. The first kappa shape index (κ1) is 19.0. The van der Waals surface area contributed by atoms with Crippen LogP contribution in [0.25, 0.3) is 0 Å². The Morgan fingerprint density at radius 2 is 2.07 bits per heavy atom. The van der Waals surface area contributed by atoms with Crippen LogP contribution >= 0.6 is 0 Å². The quantitative estimate of drug-likeness (QED) is 0.516. The molecule has 0 heterocycles. The predicted molar refractivity (Wildman–Crippen MR) is 105 cm³/mol. The van der Waals surface area contributed by atoms with Gasteiger partial charge >= 0.3 is 0 Å². The van der Waals surface area contributed by atoms with Crippen LogP contribution in [-0.2, 0) is 4.79 Å². The van der Waals surface area contributed by atoms with Gasteiger partial charge in [0.1, 0.15) is 0 Å². The van der Waals surface area contributed by atoms with Crippen LogP contribution in [0.4, 0.5) is 0 Å². The number of aliphatic hydroxyl groups excluding tert-OH is 1. The number of amides is 1. The monoisotopic (exact) mass is 371 g/mol. The number of terminal acetylenes is 1. The second-order valence-electron chi connectivity index (χ2n) is 10.5. The Morgan fingerprint density at radius 3 is 2.78 bits per heavy atom. The summed E-state index contributed by atoms with van der Waals surface area (Å²) >= 11 is 0. The Balaban J connectivity index is 1.68. The average Bonchev–Trinajstić information content (AvgIpc) is 2.81. The zero-order valence-electron chi connectivity index (χ0n) is 16.7. The molecular weight excluding hydrogens is 338 g/mol. The molecule has 148 valence electrons. The van der Waals surface area contributed by atoms with E-state index in [1.54, 1.807) is 0 Å². The minimum Gasteiger partial charge on any atom is -0.393 e. The van der Waals surface area contributed by atoms with Crippen LogP contribution in [0, 0.1) is 40.4 Å². The maximum atomic E-state index is 11.7. The zero-order valence-corrected chi connectivity index (χ0v) is 16.7. The lowest BCUT2D eigenvalue weighted by atomic mass is 9.40. The summed E-state index contributed by atoms with van der Waals surface area (Å²) in [7, 11) is 0. The molecule has 7 atom stereocenters. The molecule has 0 radical (unpaired) electrons. The van der Waals surface area contributed by atoms with Crippen molar-refractivity contribution < 1.29 is 15.0 Å². The Morgan fingerprint density at radius 1 is 1.33 bits per heavy atom. The molecule has 1 spiro atoms. The summed E-state index contributed by atoms with van der Waals surface area (Å²) in [6.07, 6.45) is 12.0. The van der Waals surface area contributed by atoms with E-state index in [9.17, 15) is 15.0 Å². The Labute approximate surface area is 162 Å². The molecule has 1 amide bonds. The second-order valence-corrected chi connectivity index (χ2v) is 10.5. The van der Waals surface area contributed by atoms with E-state index in [1.165, 1.54) is 0 Å². The van der Waals surface area contributed by atoms with E-state index in [-0.39, 0.29) is 22.2 Å². The molecule has 4 nitrogen and oxygen atoms in total. The first-order valence-electron chi connectivity index (χ1n) is 10.4. The van der Waals surface area contributed by atoms with Gasteiger partial charge in [0.05, 0.1) is 11.7 Å². The van der Waals surface area contributed by atoms with Crippen LogP contribution in [0.2, 0.25) is 0 Å². The first-order chi connectivity index (χ1) is 12.6. The van der Waals surface area contributed by atoms with Crippen LogP contribution in [0.1, 0.15) is 65.2 Å². The van der Waals surface area contributed by atoms with E-state index in [0.29, 0.717) is 24.8 Å². The second kappa shape index (κ2) is 5.84. The van der Waals surface area contributed by atoms with Crippen molar-refractivity contribution in [3.8, 4) is 12.3 Å². The number of carbonyl (C=O) groups is 1. The Kier molecular flexibility index (Phi) is 4.12. The van der Waals surface area contributed by atoms with Crippen LogP contribution in [0.15, 0.2) is 12.2 Å². The van der Waals surface area contributed by atoms with Gasteiger partial charge in [-0.2, -0.15) is 0 Å². The van der Waals surface area contributed by atoms with Gasteiger partial charge in [0.2, 0.25) is 0 Å². The molecule has 2 bridgehead atoms. The largest absolute Gasteiger partial charge is 0.393 e. The third kappa shape index (κ3) is 2.47. The SMILES string of the molecule is C#CC(=O)NC[C@]1(C)CCC[C@]2(C)C1C[C@H](O)[C@]13CC(=C)[C@](O)(CCC21)C3. The summed E-state index contributed by atoms with van der Waals surface area (Å²) < 4.78 is 0. The molecular formula is C23H33NO3. The third-order valence-corrected chi connectivity index (χ3v) is 9.17. The molecule has 4 rings (SSSR count). The van der Waals surface area contributed by atoms with E-state index in [2.05, 4.69) is 31.7 Å². The highest BCUT2D eigenvalue weighted by Crippen LogP contribution is 2.72. The highest BCUT2D eigenvalue weighted by atomic mass is 16.3. The van der Waals surface area contributed by atoms with Gasteiger partial charge in [0.25, 0.3) is 5.91 Å². The van der Waals surface area contributed by atoms with Gasteiger partial charge in [-0.3, -0.25) is 4.79 Å². The lowest BCUT2D eigenvalue weighted by Gasteiger charge is -2.66. The molecule has 4 aliphatic carbocycles. The van der Waals surface area contributed by atoms with Crippen molar-refractivity contribution in [1.29, 1.82) is 0 Å². The van der Waals surface area contributed by atoms with Gasteiger partial charge in [0, 0.05) is 12.0 Å². The normalized spacial score (nSPS) is 51.1. The summed E-state index contributed by atoms with van der Waals surface area (Å²) in [5.41, 5.74) is -0.0366. The number of rotatable bonds is 2. The van der Waals surface area contributed by atoms with Crippen LogP contribution in [0.5, 0.6) is 0 Å². The number of carbonyl (C=O) groups excluding carboxylic acids is 1. The van der Waals surface area contributed by atoms with Gasteiger partial charge < -0.3 is 15.5 Å². The summed E-state index contributed by atoms with van der Waals surface area (Å²) in [6, 6.07) is 0. The fraction of sp³-hybridized carbons (Fsp3) is 0.783. The minimum atomic E-state index is -0.778. The molecule has 0 saturated heterocycles. The highest BCUT2D eigenvalue weighted by Gasteiger charge is 2.69. The van der Waals surface area contributed by atoms with Crippen molar-refractivity contribution in [2.45, 2.75) is 76.9 Å². The number of nitrogens with one attached hydrogen (secondary N) is 1. The van der Waals surface area contributed by atoms with Crippen molar-refractivity contribution in [3.05, 3.63) is 12.2 Å². The van der Waals surface area contributed by atoms with Gasteiger partial charge in [-0.15, -0.1) is 6.42 Å². The number of hydrogen-bond donors (Lipinski definition) is 3. The number of fused-ring (bicyclic) bond motifs is 3. The smallest absolute Gasteiger partial charge is 0.295 e. The molecule has 4 heteroatoms. The molecule has 4 aliphatic rings. The molecule has 4 saturated carbocycles. The molecule has 0 aliphatic heterocycles. The van der Waals surface area contributed by atoms with Gasteiger partial charge in [-0.1, -0.05) is 26.8 Å². The van der Waals surface area contributed by atoms with E-state index in [4.69, 9.17) is 6.42 Å². The standard InChI is InChI=1S/C23H33NO3/c1-5-19(26)24-14-20(3)8-6-9-21(4)16-7-10-23(27)13-22(16,12-15(23)2)18(25)11-17(20)21/h1,16-18,25,27H,2,6-14H2,3-4H3,(H,24,26)/t16?,17?,18-,20-,21-,22-,23-/m0/s1. The maximum Gasteiger partial charge on any atom is 0.295 e. The first-order valence-corrected chi connectivity index (χ1v) is 10.4. The Bertz CT molecular complexity index is 726. The summed E-state index contributed by atoms with van der Waals surface area (Å²) in [4.78, 5) is 11.7. The average molecular weight is 372 g/mol. The Hall–Kier alpha value is -1.31. The molecule has 4 fully saturated rings. The molecule has 27 heavy (non-hydrogen) atoms. The third-order valence-electron chi connectivity index (χ3n) is 9.17. The lowest BCUT2D eigenvalue weighted by molar-refractivity contribution is -0.210. The van der Waals surface area contributed by atoms with Crippen molar-refractivity contribution >= 4 is 5.91 Å². The summed E-state index contributed by atoms with van der Waals surface area (Å²) in [5, 5.41) is 25.3. The predicted octanol–water partition coefficient (Wildman–Crippen LogP) is 2.79. The van der Waals surface area contributed by atoms with Crippen molar-refractivity contribution in [2.24, 2.45) is 28.1 Å². The van der Waals surface area contributed by atoms with Crippen molar-refractivity contribution in [3.63, 3.8) is 0 Å². The van der Waals surface area contributed by atoms with E-state index < -0.39 is 11.7 Å². The highest BCUT2D eigenvalue weighted by molar-refractivity contribution is 5.92. The molecule has 3 N–H and O–H groups in total. The van der Waals surface area contributed by atoms with Gasteiger partial charge in [0.15, 0.2) is 0 Å². The summed E-state index contributed by atoms with van der Waals surface area (Å²) in [5.74, 6) is 2.52. The molecule has 0 aromatic heterocycles. The summed E-state index contributed by atoms with van der Waals surface area (Å²) in [6.45, 7) is 9.40. The molecule has 0 aromatic carbocycles. The fourth-order valence-corrected chi connectivity index (χ4v) is 7.92. The van der Waals surface area contributed by atoms with Gasteiger partial charge in [-0.25, -0.2) is 0 Å². The number of aliphatic hydroxyl groups is 2. The fourth-order valence-electron chi connectivity index (χ4n) is 7.92. The number of hydrogen-bond acceptors (Lipinski definition) is 3. The topological polar surface area (TPSA) is 69.6 Å². The van der Waals surface area contributed by atoms with Gasteiger partial charge in [-0.05, 0) is 79.1 Å². The maximum absolute atomic E-state index is 11.7. The van der Waals surface area contributed by atoms with E-state index >= 15 is 0 Å². The molecule has 0 aromatic rings. The van der Waals surface area contributed by atoms with Crippen LogP contribution in [0.3, 0.4) is 0 Å².